The molecule has 0 aliphatic heterocycles. The van der Waals surface area contributed by atoms with Gasteiger partial charge in [-0.3, -0.25) is 4.79 Å². The van der Waals surface area contributed by atoms with E-state index in [4.69, 9.17) is 4.74 Å². The maximum Gasteiger partial charge on any atom is 0.407 e. The van der Waals surface area contributed by atoms with Crippen LogP contribution in [0.3, 0.4) is 0 Å². The van der Waals surface area contributed by atoms with Crippen LogP contribution in [-0.2, 0) is 26.2 Å². The fourth-order valence-electron chi connectivity index (χ4n) is 5.43. The lowest BCUT2D eigenvalue weighted by Crippen LogP contribution is -2.52. The molecule has 0 heterocycles. The van der Waals surface area contributed by atoms with Crippen LogP contribution in [0.1, 0.15) is 61.6 Å². The van der Waals surface area contributed by atoms with Crippen molar-refractivity contribution in [3.05, 3.63) is 102 Å². The molecule has 0 saturated carbocycles. The molecule has 0 fully saturated rings. The van der Waals surface area contributed by atoms with Gasteiger partial charge in [0, 0.05) is 25.0 Å². The summed E-state index contributed by atoms with van der Waals surface area (Å²) in [6.45, 7) is 1.46. The SMILES string of the molecule is CCC[C@@H](CCC[C@@H](CO)N(C)S(=O)(=O)c1ccc(CO)cc1)NC(=O)[C@@H](NC(=O)OC)C(c1ccccc1)c1ccccc1. The lowest BCUT2D eigenvalue weighted by Gasteiger charge is -2.30. The minimum Gasteiger partial charge on any atom is -0.453 e. The van der Waals surface area contributed by atoms with Crippen LogP contribution in [-0.4, -0.2) is 73.8 Å². The van der Waals surface area contributed by atoms with Crippen molar-refractivity contribution in [2.75, 3.05) is 20.8 Å². The maximum atomic E-state index is 13.9. The molecule has 0 spiro atoms. The lowest BCUT2D eigenvalue weighted by molar-refractivity contribution is -0.124. The summed E-state index contributed by atoms with van der Waals surface area (Å²) in [5, 5.41) is 25.3. The second kappa shape index (κ2) is 17.6. The first-order chi connectivity index (χ1) is 21.7. The van der Waals surface area contributed by atoms with E-state index in [1.165, 1.54) is 30.6 Å². The van der Waals surface area contributed by atoms with E-state index in [1.54, 1.807) is 12.1 Å². The Kier molecular flexibility index (Phi) is 14.0. The van der Waals surface area contributed by atoms with Crippen molar-refractivity contribution in [3.8, 4) is 0 Å². The Balaban J connectivity index is 1.76. The highest BCUT2D eigenvalue weighted by Gasteiger charge is 2.34. The predicted molar refractivity (Wildman–Crippen MR) is 173 cm³/mol. The average Bonchev–Trinajstić information content (AvgIpc) is 3.07. The highest BCUT2D eigenvalue weighted by Crippen LogP contribution is 2.29. The van der Waals surface area contributed by atoms with E-state index in [0.29, 0.717) is 31.2 Å². The summed E-state index contributed by atoms with van der Waals surface area (Å²) in [6, 6.07) is 23.1. The van der Waals surface area contributed by atoms with E-state index in [9.17, 15) is 28.2 Å². The number of alkyl carbamates (subject to hydrolysis) is 1. The minimum atomic E-state index is -3.87. The van der Waals surface area contributed by atoms with Gasteiger partial charge in [0.25, 0.3) is 0 Å². The zero-order chi connectivity index (χ0) is 32.8. The first-order valence-electron chi connectivity index (χ1n) is 15.2. The van der Waals surface area contributed by atoms with E-state index >= 15 is 0 Å². The van der Waals surface area contributed by atoms with E-state index in [0.717, 1.165) is 17.5 Å². The summed E-state index contributed by atoms with van der Waals surface area (Å²) in [4.78, 5) is 26.5. The van der Waals surface area contributed by atoms with E-state index in [2.05, 4.69) is 10.6 Å². The second-order valence-electron chi connectivity index (χ2n) is 11.0. The fourth-order valence-corrected chi connectivity index (χ4v) is 6.81. The third kappa shape index (κ3) is 9.86. The fraction of sp³-hybridized carbons (Fsp3) is 0.412. The number of aliphatic hydroxyl groups excluding tert-OH is 2. The molecule has 0 bridgehead atoms. The van der Waals surface area contributed by atoms with Crippen LogP contribution in [0.15, 0.2) is 89.8 Å². The highest BCUT2D eigenvalue weighted by atomic mass is 32.2. The van der Waals surface area contributed by atoms with E-state index in [-0.39, 0.29) is 30.1 Å². The van der Waals surface area contributed by atoms with Gasteiger partial charge in [-0.1, -0.05) is 86.1 Å². The standard InChI is InChI=1S/C34H45N3O7S/c1-4-12-28(17-11-18-29(24-39)37(2)45(42,43)30-21-19-25(23-38)20-22-30)35-33(40)32(36-34(41)44-3)31(26-13-7-5-8-14-26)27-15-9-6-10-16-27/h5-10,13-16,19-22,28-29,31-32,38-39H,4,11-12,17-18,23-24H2,1-3H3,(H,35,40)(H,36,41)/t28-,29-,32-/m0/s1. The van der Waals surface area contributed by atoms with Gasteiger partial charge in [0.2, 0.25) is 15.9 Å². The van der Waals surface area contributed by atoms with Gasteiger partial charge in [-0.25, -0.2) is 13.2 Å². The van der Waals surface area contributed by atoms with E-state index in [1.807, 2.05) is 67.6 Å². The molecule has 3 aromatic rings. The predicted octanol–water partition coefficient (Wildman–Crippen LogP) is 4.17. The first kappa shape index (κ1) is 35.7. The number of carbonyl (C=O) groups excluding carboxylic acids is 2. The van der Waals surface area contributed by atoms with Gasteiger partial charge in [-0.05, 0) is 54.5 Å². The average molecular weight is 640 g/mol. The summed E-state index contributed by atoms with van der Waals surface area (Å²) >= 11 is 0. The third-order valence-electron chi connectivity index (χ3n) is 7.97. The van der Waals surface area contributed by atoms with Crippen molar-refractivity contribution in [1.82, 2.24) is 14.9 Å². The molecular weight excluding hydrogens is 594 g/mol. The Labute approximate surface area is 266 Å². The monoisotopic (exact) mass is 639 g/mol. The zero-order valence-electron chi connectivity index (χ0n) is 26.1. The Bertz CT molecular complexity index is 1400. The zero-order valence-corrected chi connectivity index (χ0v) is 26.9. The summed E-state index contributed by atoms with van der Waals surface area (Å²) in [7, 11) is -1.18. The van der Waals surface area contributed by atoms with E-state index < -0.39 is 34.1 Å². The lowest BCUT2D eigenvalue weighted by atomic mass is 9.84. The Morgan fingerprint density at radius 3 is 1.91 bits per heavy atom. The van der Waals surface area contributed by atoms with Gasteiger partial charge in [0.15, 0.2) is 0 Å². The van der Waals surface area contributed by atoms with Crippen molar-refractivity contribution < 1.29 is 33.0 Å². The third-order valence-corrected chi connectivity index (χ3v) is 9.90. The molecule has 3 rings (SSSR count). The van der Waals surface area contributed by atoms with Crippen molar-refractivity contribution in [1.29, 1.82) is 0 Å². The number of carbonyl (C=O) groups is 2. The van der Waals surface area contributed by atoms with Crippen LogP contribution < -0.4 is 10.6 Å². The number of likely N-dealkylation sites (N-methyl/N-ethyl adjacent to an activating group) is 1. The quantitative estimate of drug-likeness (QED) is 0.174. The van der Waals surface area contributed by atoms with Gasteiger partial charge < -0.3 is 25.6 Å². The number of benzene rings is 3. The Hall–Kier alpha value is -3.77. The number of ether oxygens (including phenoxy) is 1. The van der Waals surface area contributed by atoms with Gasteiger partial charge in [0.1, 0.15) is 6.04 Å². The highest BCUT2D eigenvalue weighted by molar-refractivity contribution is 7.89. The largest absolute Gasteiger partial charge is 0.453 e. The van der Waals surface area contributed by atoms with Crippen LogP contribution in [0.2, 0.25) is 0 Å². The molecular formula is C34H45N3O7S. The minimum absolute atomic E-state index is 0.0762. The summed E-state index contributed by atoms with van der Waals surface area (Å²) in [5.74, 6) is -0.848. The Morgan fingerprint density at radius 2 is 1.42 bits per heavy atom. The number of sulfonamides is 1. The molecule has 0 radical (unpaired) electrons. The number of nitrogens with zero attached hydrogens (tertiary/aromatic N) is 1. The van der Waals surface area contributed by atoms with Crippen molar-refractivity contribution in [2.24, 2.45) is 0 Å². The topological polar surface area (TPSA) is 145 Å². The second-order valence-corrected chi connectivity index (χ2v) is 13.0. The van der Waals surface area contributed by atoms with Crippen LogP contribution in [0.25, 0.3) is 0 Å². The number of methoxy groups -OCH3 is 1. The summed E-state index contributed by atoms with van der Waals surface area (Å²) in [6.07, 6.45) is 2.20. The number of nitrogens with one attached hydrogen (secondary N) is 2. The maximum absolute atomic E-state index is 13.9. The molecule has 45 heavy (non-hydrogen) atoms. The molecule has 0 saturated heterocycles. The Morgan fingerprint density at radius 1 is 0.844 bits per heavy atom. The van der Waals surface area contributed by atoms with Gasteiger partial charge >= 0.3 is 6.09 Å². The van der Waals surface area contributed by atoms with Crippen molar-refractivity contribution in [3.63, 3.8) is 0 Å². The molecule has 11 heteroatoms. The van der Waals surface area contributed by atoms with Crippen LogP contribution >= 0.6 is 0 Å². The number of amides is 2. The number of rotatable bonds is 17. The van der Waals surface area contributed by atoms with Gasteiger partial charge in [-0.15, -0.1) is 0 Å². The summed E-state index contributed by atoms with van der Waals surface area (Å²) < 4.78 is 32.5. The molecule has 10 nitrogen and oxygen atoms in total. The first-order valence-corrected chi connectivity index (χ1v) is 16.6. The molecule has 0 aliphatic rings. The van der Waals surface area contributed by atoms with Crippen LogP contribution in [0.5, 0.6) is 0 Å². The normalized spacial score (nSPS) is 13.7. The van der Waals surface area contributed by atoms with Crippen molar-refractivity contribution >= 4 is 22.0 Å². The van der Waals surface area contributed by atoms with Crippen LogP contribution in [0.4, 0.5) is 4.79 Å². The number of aliphatic hydroxyl groups is 2. The molecule has 2 amide bonds. The molecule has 0 aromatic heterocycles. The van der Waals surface area contributed by atoms with Crippen molar-refractivity contribution in [2.45, 2.75) is 74.6 Å². The smallest absolute Gasteiger partial charge is 0.407 e. The molecule has 0 aliphatic carbocycles. The van der Waals surface area contributed by atoms with Crippen LogP contribution in [0, 0.1) is 0 Å². The molecule has 0 unspecified atom stereocenters. The molecule has 4 N–H and O–H groups in total. The molecule has 3 atom stereocenters. The number of hydrogen-bond donors (Lipinski definition) is 4. The molecule has 3 aromatic carbocycles. The van der Waals surface area contributed by atoms with Gasteiger partial charge in [0.05, 0.1) is 25.2 Å². The number of hydrogen-bond acceptors (Lipinski definition) is 7. The van der Waals surface area contributed by atoms with Gasteiger partial charge in [-0.2, -0.15) is 4.31 Å². The summed E-state index contributed by atoms with van der Waals surface area (Å²) in [5.41, 5.74) is 2.31. The molecule has 244 valence electrons.